The number of aliphatic hydroxyl groups is 1. The lowest BCUT2D eigenvalue weighted by Gasteiger charge is -2.21. The number of carbonyl (C=O) groups excluding carboxylic acids is 1. The smallest absolute Gasteiger partial charge is 0.265 e. The molecule has 3 rings (SSSR count). The van der Waals surface area contributed by atoms with Crippen molar-refractivity contribution in [3.05, 3.63) is 28.6 Å². The first-order chi connectivity index (χ1) is 9.29. The molecule has 100 valence electrons. The quantitative estimate of drug-likeness (QED) is 0.946. The lowest BCUT2D eigenvalue weighted by molar-refractivity contribution is 0.0682. The van der Waals surface area contributed by atoms with E-state index in [1.807, 2.05) is 17.5 Å². The molecule has 1 aliphatic rings. The van der Waals surface area contributed by atoms with E-state index < -0.39 is 0 Å². The van der Waals surface area contributed by atoms with E-state index in [0.717, 1.165) is 29.3 Å². The fourth-order valence-corrected chi connectivity index (χ4v) is 4.00. The molecule has 3 heterocycles. The summed E-state index contributed by atoms with van der Waals surface area (Å²) in [5.74, 6) is -0.00291. The van der Waals surface area contributed by atoms with Gasteiger partial charge in [-0.05, 0) is 24.3 Å². The fourth-order valence-electron chi connectivity index (χ4n) is 2.32. The normalized spacial score (nSPS) is 19.0. The highest BCUT2D eigenvalue weighted by Crippen LogP contribution is 2.30. The summed E-state index contributed by atoms with van der Waals surface area (Å²) >= 11 is 3.05. The number of aromatic nitrogens is 1. The summed E-state index contributed by atoms with van der Waals surface area (Å²) in [6.07, 6.45) is 3.50. The summed E-state index contributed by atoms with van der Waals surface area (Å²) in [5, 5.41) is 12.2. The van der Waals surface area contributed by atoms with Gasteiger partial charge in [0.15, 0.2) is 0 Å². The number of aliphatic hydroxyl groups excluding tert-OH is 1. The average Bonchev–Trinajstić information content (AvgIpc) is 3.16. The molecule has 0 radical (unpaired) electrons. The van der Waals surface area contributed by atoms with Crippen LogP contribution in [0.5, 0.6) is 0 Å². The second-order valence-corrected chi connectivity index (χ2v) is 6.46. The van der Waals surface area contributed by atoms with Crippen molar-refractivity contribution in [2.75, 3.05) is 13.2 Å². The van der Waals surface area contributed by atoms with Crippen molar-refractivity contribution in [3.63, 3.8) is 0 Å². The number of amides is 1. The third kappa shape index (κ3) is 2.43. The molecule has 0 spiro atoms. The third-order valence-corrected chi connectivity index (χ3v) is 5.32. The highest BCUT2D eigenvalue weighted by atomic mass is 32.1. The Labute approximate surface area is 119 Å². The Morgan fingerprint density at radius 1 is 1.58 bits per heavy atom. The van der Waals surface area contributed by atoms with E-state index in [0.29, 0.717) is 4.88 Å². The molecule has 6 heteroatoms. The van der Waals surface area contributed by atoms with E-state index in [2.05, 4.69) is 4.98 Å². The van der Waals surface area contributed by atoms with Crippen LogP contribution < -0.4 is 0 Å². The summed E-state index contributed by atoms with van der Waals surface area (Å²) in [5.41, 5.74) is 0. The van der Waals surface area contributed by atoms with Crippen molar-refractivity contribution >= 4 is 28.6 Å². The van der Waals surface area contributed by atoms with E-state index in [1.165, 1.54) is 11.3 Å². The maximum atomic E-state index is 12.4. The molecule has 1 amide bonds. The largest absolute Gasteiger partial charge is 0.394 e. The van der Waals surface area contributed by atoms with Gasteiger partial charge >= 0.3 is 0 Å². The topological polar surface area (TPSA) is 53.4 Å². The molecule has 2 aromatic rings. The molecule has 1 aliphatic heterocycles. The third-order valence-electron chi connectivity index (χ3n) is 3.30. The van der Waals surface area contributed by atoms with Crippen LogP contribution >= 0.6 is 22.7 Å². The van der Waals surface area contributed by atoms with Gasteiger partial charge in [-0.3, -0.25) is 4.79 Å². The molecule has 1 fully saturated rings. The number of thiophene rings is 1. The molecule has 1 atom stereocenters. The molecule has 1 saturated heterocycles. The van der Waals surface area contributed by atoms with Crippen LogP contribution in [-0.4, -0.2) is 40.1 Å². The molecule has 0 unspecified atom stereocenters. The van der Waals surface area contributed by atoms with Crippen LogP contribution in [0.3, 0.4) is 0 Å². The predicted octanol–water partition coefficient (Wildman–Crippen LogP) is 2.47. The Balaban J connectivity index is 1.81. The zero-order chi connectivity index (χ0) is 13.2. The minimum Gasteiger partial charge on any atom is -0.394 e. The van der Waals surface area contributed by atoms with Crippen molar-refractivity contribution in [1.29, 1.82) is 0 Å². The van der Waals surface area contributed by atoms with Crippen molar-refractivity contribution < 1.29 is 9.90 Å². The van der Waals surface area contributed by atoms with E-state index in [9.17, 15) is 9.90 Å². The summed E-state index contributed by atoms with van der Waals surface area (Å²) in [6, 6.07) is 3.95. The molecule has 0 aromatic carbocycles. The number of thiazole rings is 1. The van der Waals surface area contributed by atoms with Crippen LogP contribution in [0, 0.1) is 0 Å². The molecule has 19 heavy (non-hydrogen) atoms. The van der Waals surface area contributed by atoms with Crippen molar-refractivity contribution in [2.24, 2.45) is 0 Å². The lowest BCUT2D eigenvalue weighted by Crippen LogP contribution is -2.37. The molecule has 1 N–H and O–H groups in total. The number of likely N-dealkylation sites (tertiary alicyclic amines) is 1. The highest BCUT2D eigenvalue weighted by Gasteiger charge is 2.29. The number of hydrogen-bond donors (Lipinski definition) is 1. The van der Waals surface area contributed by atoms with Gasteiger partial charge in [0.05, 0.1) is 23.7 Å². The Bertz CT molecular complexity index is 565. The maximum absolute atomic E-state index is 12.4. The standard InChI is InChI=1S/C13H14N2O2S2/c16-8-9-3-1-5-15(9)13(17)11-7-14-12(19-11)10-4-2-6-18-10/h2,4,6-7,9,16H,1,3,5,8H2/t9-/m1/s1. The van der Waals surface area contributed by atoms with Crippen LogP contribution in [-0.2, 0) is 0 Å². The maximum Gasteiger partial charge on any atom is 0.265 e. The van der Waals surface area contributed by atoms with Gasteiger partial charge in [-0.1, -0.05) is 6.07 Å². The molecule has 0 saturated carbocycles. The SMILES string of the molecule is O=C(c1cnc(-c2cccs2)s1)N1CCC[C@@H]1CO. The Morgan fingerprint density at radius 3 is 3.21 bits per heavy atom. The fraction of sp³-hybridized carbons (Fsp3) is 0.385. The summed E-state index contributed by atoms with van der Waals surface area (Å²) < 4.78 is 0. The first-order valence-electron chi connectivity index (χ1n) is 6.21. The molecule has 0 bridgehead atoms. The zero-order valence-corrected chi connectivity index (χ0v) is 11.9. The summed E-state index contributed by atoms with van der Waals surface area (Å²) in [7, 11) is 0. The van der Waals surface area contributed by atoms with E-state index >= 15 is 0 Å². The minimum atomic E-state index is -0.0280. The van der Waals surface area contributed by atoms with Gasteiger partial charge in [0.2, 0.25) is 0 Å². The number of hydrogen-bond acceptors (Lipinski definition) is 5. The Kier molecular flexibility index (Phi) is 3.63. The van der Waals surface area contributed by atoms with Gasteiger partial charge in [-0.25, -0.2) is 4.98 Å². The molecular weight excluding hydrogens is 280 g/mol. The summed E-state index contributed by atoms with van der Waals surface area (Å²) in [4.78, 5) is 20.2. The van der Waals surface area contributed by atoms with Crippen LogP contribution in [0.15, 0.2) is 23.7 Å². The number of carbonyl (C=O) groups is 1. The molecule has 0 aliphatic carbocycles. The van der Waals surface area contributed by atoms with Gasteiger partial charge in [0, 0.05) is 6.54 Å². The lowest BCUT2D eigenvalue weighted by atomic mass is 10.2. The van der Waals surface area contributed by atoms with Gasteiger partial charge < -0.3 is 10.0 Å². The van der Waals surface area contributed by atoms with Gasteiger partial charge in [0.25, 0.3) is 5.91 Å². The van der Waals surface area contributed by atoms with Gasteiger partial charge in [0.1, 0.15) is 9.88 Å². The van der Waals surface area contributed by atoms with E-state index in [-0.39, 0.29) is 18.6 Å². The highest BCUT2D eigenvalue weighted by molar-refractivity contribution is 7.21. The zero-order valence-electron chi connectivity index (χ0n) is 10.3. The van der Waals surface area contributed by atoms with Crippen molar-refractivity contribution in [1.82, 2.24) is 9.88 Å². The first kappa shape index (κ1) is 12.8. The monoisotopic (exact) mass is 294 g/mol. The summed E-state index contributed by atoms with van der Waals surface area (Å²) in [6.45, 7) is 0.776. The van der Waals surface area contributed by atoms with Crippen molar-refractivity contribution in [3.8, 4) is 9.88 Å². The van der Waals surface area contributed by atoms with Crippen LogP contribution in [0.2, 0.25) is 0 Å². The molecule has 2 aromatic heterocycles. The Hall–Kier alpha value is -1.24. The number of nitrogens with zero attached hydrogens (tertiary/aromatic N) is 2. The number of rotatable bonds is 3. The molecular formula is C13H14N2O2S2. The predicted molar refractivity (Wildman–Crippen MR) is 76.6 cm³/mol. The minimum absolute atomic E-state index is 0.00291. The second-order valence-electron chi connectivity index (χ2n) is 4.48. The average molecular weight is 294 g/mol. The second kappa shape index (κ2) is 5.40. The van der Waals surface area contributed by atoms with E-state index in [4.69, 9.17) is 0 Å². The first-order valence-corrected chi connectivity index (χ1v) is 7.90. The Morgan fingerprint density at radius 2 is 2.47 bits per heavy atom. The molecule has 4 nitrogen and oxygen atoms in total. The van der Waals surface area contributed by atoms with Crippen molar-refractivity contribution in [2.45, 2.75) is 18.9 Å². The van der Waals surface area contributed by atoms with Gasteiger partial charge in [-0.2, -0.15) is 0 Å². The van der Waals surface area contributed by atoms with Gasteiger partial charge in [-0.15, -0.1) is 22.7 Å². The van der Waals surface area contributed by atoms with Crippen LogP contribution in [0.4, 0.5) is 0 Å². The van der Waals surface area contributed by atoms with Crippen LogP contribution in [0.1, 0.15) is 22.5 Å². The van der Waals surface area contributed by atoms with E-state index in [1.54, 1.807) is 22.4 Å². The van der Waals surface area contributed by atoms with Crippen LogP contribution in [0.25, 0.3) is 9.88 Å².